The van der Waals surface area contributed by atoms with E-state index in [1.165, 1.54) is 5.56 Å². The van der Waals surface area contributed by atoms with Crippen molar-refractivity contribution >= 4 is 12.9 Å². The van der Waals surface area contributed by atoms with Crippen LogP contribution in [-0.4, -0.2) is 28.1 Å². The van der Waals surface area contributed by atoms with Crippen molar-refractivity contribution in [2.45, 2.75) is 45.9 Å². The summed E-state index contributed by atoms with van der Waals surface area (Å²) in [5, 5.41) is 16.0. The second-order valence-corrected chi connectivity index (χ2v) is 8.26. The molecule has 3 aromatic rings. The molecule has 2 atom stereocenters. The first-order valence-corrected chi connectivity index (χ1v) is 10.3. The Hall–Kier alpha value is -3.28. The van der Waals surface area contributed by atoms with Gasteiger partial charge in [0.1, 0.15) is 24.4 Å². The molecule has 0 N–H and O–H groups in total. The van der Waals surface area contributed by atoms with E-state index in [0.29, 0.717) is 6.61 Å². The number of nitro benzene ring substituents is 1. The van der Waals surface area contributed by atoms with Crippen molar-refractivity contribution in [2.24, 2.45) is 0 Å². The Bertz CT molecular complexity index is 1220. The Labute approximate surface area is 186 Å². The number of aryl methyl sites for hydroxylation is 3. The van der Waals surface area contributed by atoms with Crippen LogP contribution in [0.5, 0.6) is 0 Å². The smallest absolute Gasteiger partial charge is 0.418 e. The Balaban J connectivity index is 0.000000471. The van der Waals surface area contributed by atoms with E-state index in [4.69, 9.17) is 9.84 Å². The summed E-state index contributed by atoms with van der Waals surface area (Å²) in [6.07, 6.45) is 2.75. The van der Waals surface area contributed by atoms with E-state index in [2.05, 4.69) is 37.5 Å². The Morgan fingerprint density at radius 1 is 1.15 bits per heavy atom. The average molecular weight is 464 g/mol. The SMILES string of the molecule is Cc1cc(C)c(-n2c[n+]3c(n2)COC2Cc4ccc([N+](=O)[O-])cc4C23)c(C)c1.F[B-](F)(F)F. The highest BCUT2D eigenvalue weighted by Gasteiger charge is 2.44. The van der Waals surface area contributed by atoms with Crippen LogP contribution in [0.1, 0.15) is 39.7 Å². The molecule has 33 heavy (non-hydrogen) atoms. The maximum Gasteiger partial charge on any atom is 0.673 e. The summed E-state index contributed by atoms with van der Waals surface area (Å²) < 4.78 is 49.1. The van der Waals surface area contributed by atoms with Gasteiger partial charge < -0.3 is 22.0 Å². The van der Waals surface area contributed by atoms with Gasteiger partial charge in [-0.25, -0.2) is 4.57 Å². The lowest BCUT2D eigenvalue weighted by Gasteiger charge is -2.23. The Kier molecular flexibility index (Phi) is 5.73. The largest absolute Gasteiger partial charge is 0.673 e. The molecule has 1 aliphatic heterocycles. The van der Waals surface area contributed by atoms with E-state index in [9.17, 15) is 27.4 Å². The van der Waals surface area contributed by atoms with Crippen molar-refractivity contribution in [1.29, 1.82) is 0 Å². The van der Waals surface area contributed by atoms with E-state index in [1.54, 1.807) is 12.1 Å². The fourth-order valence-corrected chi connectivity index (χ4v) is 4.71. The molecule has 2 unspecified atom stereocenters. The highest BCUT2D eigenvalue weighted by Crippen LogP contribution is 2.37. The third-order valence-corrected chi connectivity index (χ3v) is 5.78. The summed E-state index contributed by atoms with van der Waals surface area (Å²) in [6.45, 7) is 6.71. The van der Waals surface area contributed by atoms with Crippen molar-refractivity contribution in [1.82, 2.24) is 9.78 Å². The summed E-state index contributed by atoms with van der Waals surface area (Å²) in [5.74, 6) is 0.833. The molecule has 1 aliphatic carbocycles. The first-order valence-electron chi connectivity index (χ1n) is 10.3. The lowest BCUT2D eigenvalue weighted by molar-refractivity contribution is -0.739. The number of non-ortho nitro benzene ring substituents is 1. The van der Waals surface area contributed by atoms with Gasteiger partial charge in [0.2, 0.25) is 6.33 Å². The standard InChI is InChI=1S/C21H21N4O3.BF4/c1-12-6-13(2)20(14(3)7-12)24-11-23-19(22-24)10-28-18-8-15-4-5-16(25(26)27)9-17(15)21(18)23;2-1(3,4)5/h4-7,9,11,18,21H,8,10H2,1-3H3;/q+1;-1. The molecule has 2 aliphatic rings. The number of nitrogens with zero attached hydrogens (tertiary/aromatic N) is 4. The van der Waals surface area contributed by atoms with Gasteiger partial charge in [0.25, 0.3) is 5.69 Å². The van der Waals surface area contributed by atoms with Gasteiger partial charge in [0.05, 0.1) is 4.92 Å². The fourth-order valence-electron chi connectivity index (χ4n) is 4.71. The minimum Gasteiger partial charge on any atom is -0.418 e. The van der Waals surface area contributed by atoms with Crippen LogP contribution in [0, 0.1) is 30.9 Å². The number of hydrogen-bond acceptors (Lipinski definition) is 4. The first kappa shape index (κ1) is 22.9. The van der Waals surface area contributed by atoms with E-state index in [-0.39, 0.29) is 22.8 Å². The second kappa shape index (κ2) is 8.25. The summed E-state index contributed by atoms with van der Waals surface area (Å²) >= 11 is 0. The minimum atomic E-state index is -6.00. The molecule has 0 fully saturated rings. The highest BCUT2D eigenvalue weighted by molar-refractivity contribution is 6.50. The van der Waals surface area contributed by atoms with Gasteiger partial charge in [-0.2, -0.15) is 0 Å². The number of hydrogen-bond donors (Lipinski definition) is 0. The van der Waals surface area contributed by atoms with Crippen LogP contribution in [0.3, 0.4) is 0 Å². The van der Waals surface area contributed by atoms with Crippen LogP contribution < -0.4 is 4.57 Å². The van der Waals surface area contributed by atoms with Crippen molar-refractivity contribution in [3.8, 4) is 5.69 Å². The second-order valence-electron chi connectivity index (χ2n) is 8.26. The summed E-state index contributed by atoms with van der Waals surface area (Å²) in [6, 6.07) is 9.34. The number of rotatable bonds is 2. The predicted octanol–water partition coefficient (Wildman–Crippen LogP) is 4.34. The van der Waals surface area contributed by atoms with Crippen molar-refractivity contribution < 1.29 is 31.5 Å². The van der Waals surface area contributed by atoms with Crippen LogP contribution in [0.2, 0.25) is 0 Å². The number of ether oxygens (including phenoxy) is 1. The zero-order valence-corrected chi connectivity index (χ0v) is 18.1. The zero-order valence-electron chi connectivity index (χ0n) is 18.1. The molecule has 0 saturated carbocycles. The molecule has 0 spiro atoms. The average Bonchev–Trinajstić information content (AvgIpc) is 3.25. The molecule has 2 heterocycles. The van der Waals surface area contributed by atoms with Crippen molar-refractivity contribution in [3.05, 3.63) is 80.4 Å². The first-order chi connectivity index (χ1) is 15.4. The molecule has 0 saturated heterocycles. The number of fused-ring (bicyclic) bond motifs is 5. The van der Waals surface area contributed by atoms with Crippen LogP contribution in [0.15, 0.2) is 36.7 Å². The van der Waals surface area contributed by atoms with E-state index in [1.807, 2.05) is 17.1 Å². The van der Waals surface area contributed by atoms with Crippen LogP contribution in [-0.2, 0) is 17.8 Å². The molecule has 2 aromatic carbocycles. The van der Waals surface area contributed by atoms with Gasteiger partial charge in [-0.3, -0.25) is 10.1 Å². The number of halogens is 4. The molecular formula is C21H21BF4N4O3. The topological polar surface area (TPSA) is 74.1 Å². The van der Waals surface area contributed by atoms with Gasteiger partial charge >= 0.3 is 13.1 Å². The van der Waals surface area contributed by atoms with Gasteiger partial charge in [-0.05, 0) is 37.5 Å². The third kappa shape index (κ3) is 4.61. The number of benzene rings is 2. The van der Waals surface area contributed by atoms with Gasteiger partial charge in [0, 0.05) is 29.2 Å². The molecule has 0 radical (unpaired) electrons. The van der Waals surface area contributed by atoms with Crippen LogP contribution in [0.25, 0.3) is 5.69 Å². The maximum atomic E-state index is 11.2. The molecule has 12 heteroatoms. The molecular weight excluding hydrogens is 443 g/mol. The van der Waals surface area contributed by atoms with E-state index < -0.39 is 7.25 Å². The fraction of sp³-hybridized carbons (Fsp3) is 0.333. The lowest BCUT2D eigenvalue weighted by Crippen LogP contribution is -2.51. The monoisotopic (exact) mass is 464 g/mol. The Morgan fingerprint density at radius 2 is 1.79 bits per heavy atom. The summed E-state index contributed by atoms with van der Waals surface area (Å²) in [4.78, 5) is 10.9. The zero-order chi connectivity index (χ0) is 24.1. The van der Waals surface area contributed by atoms with Gasteiger partial charge in [-0.1, -0.05) is 28.4 Å². The highest BCUT2D eigenvalue weighted by atomic mass is 19.5. The van der Waals surface area contributed by atoms with Gasteiger partial charge in [-0.15, -0.1) is 0 Å². The minimum absolute atomic E-state index is 0.0210. The lowest BCUT2D eigenvalue weighted by atomic mass is 10.1. The molecule has 7 nitrogen and oxygen atoms in total. The third-order valence-electron chi connectivity index (χ3n) is 5.78. The van der Waals surface area contributed by atoms with Gasteiger partial charge in [0.15, 0.2) is 0 Å². The molecule has 0 amide bonds. The molecule has 174 valence electrons. The molecule has 1 aromatic heterocycles. The summed E-state index contributed by atoms with van der Waals surface area (Å²) in [5.41, 5.74) is 6.81. The van der Waals surface area contributed by atoms with E-state index >= 15 is 0 Å². The molecule has 5 rings (SSSR count). The maximum absolute atomic E-state index is 11.2. The Morgan fingerprint density at radius 3 is 2.39 bits per heavy atom. The van der Waals surface area contributed by atoms with Crippen LogP contribution >= 0.6 is 0 Å². The van der Waals surface area contributed by atoms with Crippen molar-refractivity contribution in [2.75, 3.05) is 0 Å². The summed E-state index contributed by atoms with van der Waals surface area (Å²) in [7, 11) is -6.00. The van der Waals surface area contributed by atoms with Crippen LogP contribution in [0.4, 0.5) is 23.0 Å². The quantitative estimate of drug-likeness (QED) is 0.186. The predicted molar refractivity (Wildman–Crippen MR) is 112 cm³/mol. The number of aromatic nitrogens is 3. The van der Waals surface area contributed by atoms with E-state index in [0.717, 1.165) is 40.2 Å². The normalized spacial score (nSPS) is 18.6. The number of nitro groups is 1. The molecule has 0 bridgehead atoms. The van der Waals surface area contributed by atoms with Crippen molar-refractivity contribution in [3.63, 3.8) is 0 Å².